The van der Waals surface area contributed by atoms with Crippen molar-refractivity contribution in [2.45, 2.75) is 30.4 Å². The number of carbonyl (C=O) groups is 1. The van der Waals surface area contributed by atoms with Crippen LogP contribution in [0.2, 0.25) is 0 Å². The number of amides is 1. The highest BCUT2D eigenvalue weighted by Crippen LogP contribution is 2.34. The topological polar surface area (TPSA) is 71.0 Å². The van der Waals surface area contributed by atoms with Crippen LogP contribution in [0.3, 0.4) is 0 Å². The molecule has 1 aliphatic heterocycles. The molecule has 0 aliphatic carbocycles. The van der Waals surface area contributed by atoms with Gasteiger partial charge in [-0.1, -0.05) is 17.8 Å². The Balaban J connectivity index is 1.68. The van der Waals surface area contributed by atoms with Crippen molar-refractivity contribution in [1.29, 1.82) is 0 Å². The van der Waals surface area contributed by atoms with Crippen LogP contribution < -0.4 is 5.69 Å². The van der Waals surface area contributed by atoms with Crippen molar-refractivity contribution in [3.63, 3.8) is 0 Å². The lowest BCUT2D eigenvalue weighted by atomic mass is 9.96. The maximum atomic E-state index is 12.9. The molecule has 3 rings (SSSR count). The van der Waals surface area contributed by atoms with Crippen molar-refractivity contribution in [2.75, 3.05) is 18.8 Å². The summed E-state index contributed by atoms with van der Waals surface area (Å²) in [6.07, 6.45) is -9.26. The molecule has 13 heteroatoms. The average molecular weight is 454 g/mol. The Hall–Kier alpha value is -2.44. The molecule has 2 aromatic rings. The van der Waals surface area contributed by atoms with E-state index in [1.54, 1.807) is 0 Å². The molecule has 1 aromatic heterocycles. The van der Waals surface area contributed by atoms with E-state index in [2.05, 4.69) is 10.2 Å². The van der Waals surface area contributed by atoms with Crippen LogP contribution in [0.4, 0.5) is 26.3 Å². The van der Waals surface area contributed by atoms with Gasteiger partial charge >= 0.3 is 18.0 Å². The van der Waals surface area contributed by atoms with E-state index in [1.165, 1.54) is 11.0 Å². The number of aromatic amines is 1. The zero-order valence-electron chi connectivity index (χ0n) is 15.3. The molecule has 1 amide bonds. The molecular formula is C17H16F6N4O2S. The summed E-state index contributed by atoms with van der Waals surface area (Å²) in [6, 6.07) is 4.07. The Morgan fingerprint density at radius 1 is 1.17 bits per heavy atom. The van der Waals surface area contributed by atoms with Gasteiger partial charge in [-0.25, -0.2) is 14.5 Å². The number of nitrogens with zero attached hydrogens (tertiary/aromatic N) is 3. The van der Waals surface area contributed by atoms with E-state index in [4.69, 9.17) is 0 Å². The minimum Gasteiger partial charge on any atom is -0.342 e. The summed E-state index contributed by atoms with van der Waals surface area (Å²) in [7, 11) is 0. The predicted molar refractivity (Wildman–Crippen MR) is 95.3 cm³/mol. The lowest BCUT2D eigenvalue weighted by molar-refractivity contribution is -0.186. The number of hydrogen-bond acceptors (Lipinski definition) is 4. The number of hydrogen-bond donors (Lipinski definition) is 1. The Kier molecular flexibility index (Phi) is 6.20. The molecule has 1 fully saturated rings. The van der Waals surface area contributed by atoms with Gasteiger partial charge in [0, 0.05) is 13.1 Å². The van der Waals surface area contributed by atoms with Crippen LogP contribution in [-0.2, 0) is 11.0 Å². The van der Waals surface area contributed by atoms with Crippen LogP contribution in [0, 0.1) is 5.92 Å². The number of H-pyrrole nitrogens is 1. The number of benzene rings is 1. The average Bonchev–Trinajstić information content (AvgIpc) is 3.05. The number of carbonyl (C=O) groups excluding carboxylic acids is 1. The number of halogens is 6. The summed E-state index contributed by atoms with van der Waals surface area (Å²) < 4.78 is 77.9. The van der Waals surface area contributed by atoms with Crippen LogP contribution in [-0.4, -0.2) is 50.6 Å². The fourth-order valence-electron chi connectivity index (χ4n) is 3.10. The van der Waals surface area contributed by atoms with Gasteiger partial charge in [-0.15, -0.1) is 5.10 Å². The number of rotatable bonds is 4. The maximum Gasteiger partial charge on any atom is 0.416 e. The molecular weight excluding hydrogens is 438 g/mol. The third-order valence-corrected chi connectivity index (χ3v) is 5.63. The predicted octanol–water partition coefficient (Wildman–Crippen LogP) is 3.47. The Morgan fingerprint density at radius 2 is 1.83 bits per heavy atom. The highest BCUT2D eigenvalue weighted by molar-refractivity contribution is 7.99. The highest BCUT2D eigenvalue weighted by atomic mass is 32.2. The van der Waals surface area contributed by atoms with E-state index in [-0.39, 0.29) is 42.5 Å². The first-order valence-electron chi connectivity index (χ1n) is 8.79. The Bertz CT molecular complexity index is 960. The van der Waals surface area contributed by atoms with Gasteiger partial charge in [0.05, 0.1) is 22.9 Å². The molecule has 6 nitrogen and oxygen atoms in total. The number of piperidine rings is 1. The van der Waals surface area contributed by atoms with Gasteiger partial charge in [0.15, 0.2) is 5.16 Å². The van der Waals surface area contributed by atoms with Crippen LogP contribution in [0.15, 0.2) is 34.2 Å². The fraction of sp³-hybridized carbons (Fsp3) is 0.471. The monoisotopic (exact) mass is 454 g/mol. The van der Waals surface area contributed by atoms with Crippen molar-refractivity contribution in [3.05, 3.63) is 40.3 Å². The number of alkyl halides is 6. The zero-order chi connectivity index (χ0) is 22.1. The first kappa shape index (κ1) is 22.2. The van der Waals surface area contributed by atoms with E-state index in [0.717, 1.165) is 34.5 Å². The summed E-state index contributed by atoms with van der Waals surface area (Å²) in [6.45, 7) is -0.0743. The molecule has 0 saturated carbocycles. The second-order valence-electron chi connectivity index (χ2n) is 6.68. The second-order valence-corrected chi connectivity index (χ2v) is 7.62. The van der Waals surface area contributed by atoms with Crippen molar-refractivity contribution >= 4 is 17.7 Å². The lowest BCUT2D eigenvalue weighted by Crippen LogP contribution is -2.42. The number of nitrogens with one attached hydrogen (secondary N) is 1. The Labute approximate surface area is 170 Å². The summed E-state index contributed by atoms with van der Waals surface area (Å²) in [5, 5.41) is 5.83. The van der Waals surface area contributed by atoms with Gasteiger partial charge in [0.1, 0.15) is 0 Å². The van der Waals surface area contributed by atoms with Crippen molar-refractivity contribution in [2.24, 2.45) is 5.92 Å². The molecule has 164 valence electrons. The van der Waals surface area contributed by atoms with E-state index >= 15 is 0 Å². The van der Waals surface area contributed by atoms with E-state index in [0.29, 0.717) is 0 Å². The van der Waals surface area contributed by atoms with E-state index < -0.39 is 35.4 Å². The molecule has 30 heavy (non-hydrogen) atoms. The third kappa shape index (κ3) is 4.99. The summed E-state index contributed by atoms with van der Waals surface area (Å²) in [4.78, 5) is 25.6. The van der Waals surface area contributed by atoms with Gasteiger partial charge in [-0.2, -0.15) is 26.3 Å². The molecule has 1 aromatic carbocycles. The molecule has 0 radical (unpaired) electrons. The Morgan fingerprint density at radius 3 is 2.43 bits per heavy atom. The molecule has 1 N–H and O–H groups in total. The highest BCUT2D eigenvalue weighted by Gasteiger charge is 2.41. The normalized spacial score (nSPS) is 16.1. The summed E-state index contributed by atoms with van der Waals surface area (Å²) >= 11 is 0.810. The number of likely N-dealkylation sites (tertiary alicyclic amines) is 1. The molecule has 1 saturated heterocycles. The van der Waals surface area contributed by atoms with Crippen molar-refractivity contribution in [3.8, 4) is 5.69 Å². The zero-order valence-corrected chi connectivity index (χ0v) is 16.1. The van der Waals surface area contributed by atoms with Crippen molar-refractivity contribution < 1.29 is 31.1 Å². The first-order valence-corrected chi connectivity index (χ1v) is 9.77. The van der Waals surface area contributed by atoms with Gasteiger partial charge in [-0.05, 0) is 31.0 Å². The molecule has 2 heterocycles. The minimum atomic E-state index is -4.60. The van der Waals surface area contributed by atoms with Gasteiger partial charge in [0.2, 0.25) is 5.91 Å². The molecule has 0 bridgehead atoms. The van der Waals surface area contributed by atoms with Crippen LogP contribution >= 0.6 is 11.8 Å². The second kappa shape index (κ2) is 8.36. The van der Waals surface area contributed by atoms with Gasteiger partial charge in [-0.3, -0.25) is 4.79 Å². The van der Waals surface area contributed by atoms with Gasteiger partial charge in [0.25, 0.3) is 0 Å². The van der Waals surface area contributed by atoms with Gasteiger partial charge < -0.3 is 4.90 Å². The summed E-state index contributed by atoms with van der Waals surface area (Å²) in [5.41, 5.74) is -1.81. The minimum absolute atomic E-state index is 0.0298. The third-order valence-electron chi connectivity index (χ3n) is 4.71. The quantitative estimate of drug-likeness (QED) is 0.568. The first-order chi connectivity index (χ1) is 14.0. The molecule has 0 atom stereocenters. The van der Waals surface area contributed by atoms with E-state index in [9.17, 15) is 35.9 Å². The van der Waals surface area contributed by atoms with E-state index in [1.807, 2.05) is 0 Å². The smallest absolute Gasteiger partial charge is 0.342 e. The number of aromatic nitrogens is 3. The maximum absolute atomic E-state index is 12.9. The molecule has 1 aliphatic rings. The lowest BCUT2D eigenvalue weighted by Gasteiger charge is -2.32. The molecule has 0 spiro atoms. The van der Waals surface area contributed by atoms with Crippen LogP contribution in [0.1, 0.15) is 18.4 Å². The summed E-state index contributed by atoms with van der Waals surface area (Å²) in [5.74, 6) is -2.10. The van der Waals surface area contributed by atoms with Crippen LogP contribution in [0.25, 0.3) is 5.69 Å². The standard InChI is InChI=1S/C17H16F6N4O2S/c18-16(19,20)10-4-6-26(7-5-10)13(28)9-30-15-25-24-14(29)27(15)12-3-1-2-11(8-12)17(21,22)23/h1-3,8,10H,4-7,9H2,(H,24,29). The van der Waals surface area contributed by atoms with Crippen LogP contribution in [0.5, 0.6) is 0 Å². The molecule has 0 unspecified atom stereocenters. The fourth-order valence-corrected chi connectivity index (χ4v) is 3.96. The number of thioether (sulfide) groups is 1. The SMILES string of the molecule is O=C(CSc1n[nH]c(=O)n1-c1cccc(C(F)(F)F)c1)N1CCC(C(F)(F)F)CC1. The largest absolute Gasteiger partial charge is 0.416 e. The van der Waals surface area contributed by atoms with Crippen molar-refractivity contribution in [1.82, 2.24) is 19.7 Å².